The molecule has 8 rings (SSSR count). The van der Waals surface area contributed by atoms with Gasteiger partial charge in [0.15, 0.2) is 0 Å². The zero-order valence-corrected chi connectivity index (χ0v) is 38.6. The third kappa shape index (κ3) is 8.75. The van der Waals surface area contributed by atoms with Gasteiger partial charge in [-0.3, -0.25) is 0 Å². The number of rotatable bonds is 6. The number of fused-ring (bicyclic) bond motifs is 3. The summed E-state index contributed by atoms with van der Waals surface area (Å²) in [5.41, 5.74) is 14.5. The fourth-order valence-corrected chi connectivity index (χ4v) is 17.5. The van der Waals surface area contributed by atoms with Gasteiger partial charge in [0.05, 0.1) is 0 Å². The average Bonchev–Trinajstić information content (AvgIpc) is 3.84. The van der Waals surface area contributed by atoms with E-state index in [2.05, 4.69) is 176 Å². The molecule has 0 N–H and O–H groups in total. The maximum atomic E-state index is 14.6. The SMILES string of the molecule is Cc1ccc([C](c2cccc(C(F)(F)F)c2)=[Zr+2]([c]2c3c(cc(C(C)(C)C)c2-c2ccccc2)-c2cc(C(C)(C)C)c(-c4ccccc4)cc2C3)[CH]2C=CC=C2)cc1.[Cl-].[Cl-]. The molecule has 0 fully saturated rings. The molecule has 0 nitrogen and oxygen atoms in total. The van der Waals surface area contributed by atoms with Gasteiger partial charge < -0.3 is 24.8 Å². The molecule has 0 amide bonds. The van der Waals surface area contributed by atoms with Gasteiger partial charge >= 0.3 is 346 Å². The van der Waals surface area contributed by atoms with Crippen molar-refractivity contribution >= 4 is 6.48 Å². The van der Waals surface area contributed by atoms with Crippen molar-refractivity contribution < 1.29 is 59.3 Å². The maximum Gasteiger partial charge on any atom is -1.00 e. The topological polar surface area (TPSA) is 0 Å². The van der Waals surface area contributed by atoms with Crippen LogP contribution in [0.15, 0.2) is 152 Å². The van der Waals surface area contributed by atoms with Gasteiger partial charge in [0, 0.05) is 0 Å². The van der Waals surface area contributed by atoms with Crippen molar-refractivity contribution in [1.29, 1.82) is 0 Å². The molecule has 59 heavy (non-hydrogen) atoms. The Morgan fingerprint density at radius 1 is 0.576 bits per heavy atom. The molecule has 2 aliphatic carbocycles. The first-order valence-corrected chi connectivity index (χ1v) is 23.8. The normalized spacial score (nSPS) is 13.7. The van der Waals surface area contributed by atoms with Crippen molar-refractivity contribution in [3.05, 3.63) is 196 Å². The Morgan fingerprint density at radius 3 is 1.73 bits per heavy atom. The molecule has 0 radical (unpaired) electrons. The molecule has 300 valence electrons. The zero-order chi connectivity index (χ0) is 40.3. The molecule has 0 saturated heterocycles. The number of halogens is 5. The second-order valence-electron chi connectivity index (χ2n) is 17.7. The van der Waals surface area contributed by atoms with E-state index >= 15 is 0 Å². The molecule has 0 spiro atoms. The minimum absolute atomic E-state index is 0. The van der Waals surface area contributed by atoms with Gasteiger partial charge in [0.1, 0.15) is 0 Å². The minimum atomic E-state index is -4.46. The molecule has 0 aromatic heterocycles. The summed E-state index contributed by atoms with van der Waals surface area (Å²) in [6, 6.07) is 43.4. The molecule has 0 bridgehead atoms. The van der Waals surface area contributed by atoms with Gasteiger partial charge in [-0.05, 0) is 0 Å². The van der Waals surface area contributed by atoms with Crippen LogP contribution in [0.25, 0.3) is 33.4 Å². The first-order valence-electron chi connectivity index (χ1n) is 19.9. The number of hydrogen-bond donors (Lipinski definition) is 0. The Morgan fingerprint density at radius 2 is 1.15 bits per heavy atom. The summed E-state index contributed by atoms with van der Waals surface area (Å²) < 4.78 is 46.3. The molecular formula is C53H49Cl2F3Zr. The van der Waals surface area contributed by atoms with Gasteiger partial charge in [-0.15, -0.1) is 0 Å². The van der Waals surface area contributed by atoms with Crippen molar-refractivity contribution in [1.82, 2.24) is 0 Å². The molecule has 6 heteroatoms. The minimum Gasteiger partial charge on any atom is -1.00 e. The number of hydrogen-bond acceptors (Lipinski definition) is 0. The molecule has 2 aliphatic rings. The Labute approximate surface area is 368 Å². The standard InChI is InChI=1S/C33H33.C15H11F3.C5H5.2ClH.Zr/c1-32(2,3)30-20-26-24(18-28(30)22-13-9-7-10-14-22)17-25-19-29(23-15-11-8-12-16-23)31(21-27(25)26)33(4,5)6;1-11-5-7-12(8-6-11)9-13-3-2-4-14(10-13)15(16,17)18;1-2-4-5-3-1;;;/h7-16,18,20-21H,17H2,1-6H3;2-8,10H,1H3;1-5H;2*1H;/q;;;;;+2/p-2. The summed E-state index contributed by atoms with van der Waals surface area (Å²) in [7, 11) is 0. The molecule has 0 saturated carbocycles. The largest absolute Gasteiger partial charge is 1.00 e. The smallest absolute Gasteiger partial charge is 1.00 e. The number of benzene rings is 6. The van der Waals surface area contributed by atoms with Crippen LogP contribution in [0.5, 0.6) is 0 Å². The first-order chi connectivity index (χ1) is 27.1. The van der Waals surface area contributed by atoms with E-state index in [1.165, 1.54) is 65.5 Å². The number of alkyl halides is 3. The Kier molecular flexibility index (Phi) is 12.9. The Balaban J connectivity index is 0.00000293. The summed E-state index contributed by atoms with van der Waals surface area (Å²) in [4.78, 5) is 0. The van der Waals surface area contributed by atoms with Gasteiger partial charge in [-0.2, -0.15) is 0 Å². The van der Waals surface area contributed by atoms with Crippen LogP contribution >= 0.6 is 0 Å². The summed E-state index contributed by atoms with van der Waals surface area (Å²) in [6.45, 7) is 15.9. The van der Waals surface area contributed by atoms with Crippen LogP contribution in [-0.2, 0) is 44.7 Å². The van der Waals surface area contributed by atoms with E-state index in [0.717, 1.165) is 26.3 Å². The summed E-state index contributed by atoms with van der Waals surface area (Å²) in [6.07, 6.45) is 5.20. The van der Waals surface area contributed by atoms with E-state index in [0.29, 0.717) is 5.56 Å². The molecule has 6 aromatic carbocycles. The van der Waals surface area contributed by atoms with E-state index in [-0.39, 0.29) is 39.3 Å². The predicted octanol–water partition coefficient (Wildman–Crippen LogP) is 7.95. The fourth-order valence-electron chi connectivity index (χ4n) is 8.78. The van der Waals surface area contributed by atoms with E-state index < -0.39 is 33.0 Å². The van der Waals surface area contributed by atoms with Crippen LogP contribution < -0.4 is 28.1 Å². The quantitative estimate of drug-likeness (QED) is 0.159. The first kappa shape index (κ1) is 44.5. The van der Waals surface area contributed by atoms with Crippen LogP contribution in [-0.4, -0.2) is 3.21 Å². The predicted molar refractivity (Wildman–Crippen MR) is 230 cm³/mol. The summed E-state index contributed by atoms with van der Waals surface area (Å²) in [5.74, 6) is 0. The van der Waals surface area contributed by atoms with Crippen molar-refractivity contribution in [2.45, 2.75) is 75.5 Å². The van der Waals surface area contributed by atoms with Crippen molar-refractivity contribution in [2.75, 3.05) is 0 Å². The summed E-state index contributed by atoms with van der Waals surface area (Å²) in [5, 5.41) is 0. The van der Waals surface area contributed by atoms with Gasteiger partial charge in [-0.1, -0.05) is 0 Å². The van der Waals surface area contributed by atoms with Crippen LogP contribution in [0, 0.1) is 6.92 Å². The third-order valence-electron chi connectivity index (χ3n) is 11.5. The van der Waals surface area contributed by atoms with E-state index in [1.807, 2.05) is 6.07 Å². The van der Waals surface area contributed by atoms with Gasteiger partial charge in [0.25, 0.3) is 0 Å². The monoisotopic (exact) mass is 902 g/mol. The molecule has 0 unspecified atom stereocenters. The third-order valence-corrected chi connectivity index (χ3v) is 19.5. The molecule has 0 heterocycles. The van der Waals surface area contributed by atoms with E-state index in [1.54, 1.807) is 6.07 Å². The van der Waals surface area contributed by atoms with Crippen LogP contribution in [0.4, 0.5) is 13.2 Å². The molecule has 6 aromatic rings. The average molecular weight is 905 g/mol. The van der Waals surface area contributed by atoms with E-state index in [4.69, 9.17) is 0 Å². The zero-order valence-electron chi connectivity index (χ0n) is 34.6. The van der Waals surface area contributed by atoms with E-state index in [9.17, 15) is 13.2 Å². The Hall–Kier alpha value is -4.08. The number of aryl methyl sites for hydroxylation is 1. The fraction of sp³-hybridized carbons (Fsp3) is 0.226. The van der Waals surface area contributed by atoms with Gasteiger partial charge in [-0.25, -0.2) is 0 Å². The molecule has 0 aliphatic heterocycles. The second kappa shape index (κ2) is 17.1. The van der Waals surface area contributed by atoms with Crippen molar-refractivity contribution in [3.63, 3.8) is 0 Å². The second-order valence-corrected chi connectivity index (χ2v) is 23.8. The maximum absolute atomic E-state index is 14.6. The molecule has 0 atom stereocenters. The summed E-state index contributed by atoms with van der Waals surface area (Å²) >= 11 is -3.45. The van der Waals surface area contributed by atoms with Crippen LogP contribution in [0.3, 0.4) is 0 Å². The molecular weight excluding hydrogens is 856 g/mol. The van der Waals surface area contributed by atoms with Crippen molar-refractivity contribution in [3.8, 4) is 33.4 Å². The van der Waals surface area contributed by atoms with Crippen LogP contribution in [0.2, 0.25) is 3.63 Å². The number of allylic oxidation sites excluding steroid dienone is 4. The Bertz CT molecular complexity index is 2570. The van der Waals surface area contributed by atoms with Crippen LogP contribution in [0.1, 0.15) is 86.1 Å². The van der Waals surface area contributed by atoms with Crippen molar-refractivity contribution in [2.24, 2.45) is 0 Å². The van der Waals surface area contributed by atoms with Gasteiger partial charge in [0.2, 0.25) is 0 Å².